The lowest BCUT2D eigenvalue weighted by Gasteiger charge is -2.37. The number of anilines is 3. The van der Waals surface area contributed by atoms with Gasteiger partial charge in [-0.3, -0.25) is 4.79 Å². The average molecular weight is 553 g/mol. The van der Waals surface area contributed by atoms with E-state index in [1.165, 1.54) is 0 Å². The van der Waals surface area contributed by atoms with Crippen molar-refractivity contribution in [3.05, 3.63) is 78.0 Å². The van der Waals surface area contributed by atoms with Gasteiger partial charge in [0.2, 0.25) is 5.95 Å². The Morgan fingerprint density at radius 2 is 1.68 bits per heavy atom. The summed E-state index contributed by atoms with van der Waals surface area (Å²) in [6.45, 7) is 10.5. The summed E-state index contributed by atoms with van der Waals surface area (Å²) in [7, 11) is 1.62. The van der Waals surface area contributed by atoms with Crippen molar-refractivity contribution in [2.45, 2.75) is 33.3 Å². The molecule has 1 saturated heterocycles. The number of nitrogens with one attached hydrogen (secondary N) is 2. The number of benzene rings is 3. The van der Waals surface area contributed by atoms with Crippen molar-refractivity contribution < 1.29 is 14.3 Å². The number of carbonyl (C=O) groups excluding carboxylic acids is 2. The van der Waals surface area contributed by atoms with E-state index < -0.39 is 5.60 Å². The zero-order valence-corrected chi connectivity index (χ0v) is 24.2. The summed E-state index contributed by atoms with van der Waals surface area (Å²) in [6.07, 6.45) is 1.56. The van der Waals surface area contributed by atoms with Crippen molar-refractivity contribution >= 4 is 40.2 Å². The smallest absolute Gasteiger partial charge is 0.410 e. The molecule has 1 aliphatic rings. The molecule has 2 heterocycles. The molecule has 0 atom stereocenters. The van der Waals surface area contributed by atoms with Gasteiger partial charge in [-0.25, -0.2) is 14.8 Å². The predicted octanol–water partition coefficient (Wildman–Crippen LogP) is 5.77. The van der Waals surface area contributed by atoms with Crippen molar-refractivity contribution in [1.29, 1.82) is 0 Å². The highest BCUT2D eigenvalue weighted by molar-refractivity contribution is 5.97. The van der Waals surface area contributed by atoms with Gasteiger partial charge in [-0.05, 0) is 69.2 Å². The van der Waals surface area contributed by atoms with Crippen LogP contribution in [0, 0.1) is 6.92 Å². The molecular weight excluding hydrogens is 516 g/mol. The molecule has 2 amide bonds. The third kappa shape index (κ3) is 6.40. The summed E-state index contributed by atoms with van der Waals surface area (Å²) in [5.74, 6) is 0.387. The summed E-state index contributed by atoms with van der Waals surface area (Å²) in [6, 6.07) is 19.7. The van der Waals surface area contributed by atoms with E-state index in [1.54, 1.807) is 11.9 Å². The fourth-order valence-electron chi connectivity index (χ4n) is 4.97. The second-order valence-electron chi connectivity index (χ2n) is 11.2. The van der Waals surface area contributed by atoms with E-state index in [-0.39, 0.29) is 12.0 Å². The number of amides is 2. The van der Waals surface area contributed by atoms with E-state index in [1.807, 2.05) is 75.5 Å². The fraction of sp³-hybridized carbons (Fsp3) is 0.312. The maximum atomic E-state index is 12.4. The molecule has 1 aromatic heterocycles. The van der Waals surface area contributed by atoms with Gasteiger partial charge < -0.3 is 25.2 Å². The van der Waals surface area contributed by atoms with Crippen LogP contribution in [-0.2, 0) is 4.74 Å². The van der Waals surface area contributed by atoms with Crippen LogP contribution in [0.5, 0.6) is 0 Å². The Morgan fingerprint density at radius 1 is 0.951 bits per heavy atom. The number of hydrogen-bond acceptors (Lipinski definition) is 7. The van der Waals surface area contributed by atoms with Crippen LogP contribution in [0.25, 0.3) is 22.0 Å². The minimum atomic E-state index is -0.497. The quantitative estimate of drug-likeness (QED) is 0.324. The third-order valence-electron chi connectivity index (χ3n) is 7.02. The molecule has 0 saturated carbocycles. The SMILES string of the molecule is CNC(=O)c1ccc(-c2cccc3cnc(Nc4ccc(N5CCN(C(=O)OC(C)(C)C)CC5)c(C)c4)nc23)cc1. The highest BCUT2D eigenvalue weighted by atomic mass is 16.6. The van der Waals surface area contributed by atoms with Crippen molar-refractivity contribution in [2.75, 3.05) is 43.4 Å². The number of piperazine rings is 1. The zero-order chi connectivity index (χ0) is 29.1. The fourth-order valence-corrected chi connectivity index (χ4v) is 4.97. The van der Waals surface area contributed by atoms with Crippen LogP contribution in [-0.4, -0.2) is 65.7 Å². The van der Waals surface area contributed by atoms with E-state index >= 15 is 0 Å². The van der Waals surface area contributed by atoms with Gasteiger partial charge >= 0.3 is 6.09 Å². The maximum absolute atomic E-state index is 12.4. The molecule has 0 bridgehead atoms. The average Bonchev–Trinajstić information content (AvgIpc) is 2.96. The summed E-state index contributed by atoms with van der Waals surface area (Å²) in [4.78, 5) is 37.8. The Kier molecular flexibility index (Phi) is 7.79. The number of aromatic nitrogens is 2. The molecule has 4 aromatic rings. The lowest BCUT2D eigenvalue weighted by atomic mass is 10.0. The van der Waals surface area contributed by atoms with Gasteiger partial charge in [0.1, 0.15) is 5.60 Å². The van der Waals surface area contributed by atoms with Crippen LogP contribution in [0.3, 0.4) is 0 Å². The van der Waals surface area contributed by atoms with Gasteiger partial charge in [-0.2, -0.15) is 0 Å². The first-order valence-electron chi connectivity index (χ1n) is 13.8. The van der Waals surface area contributed by atoms with Crippen LogP contribution in [0.2, 0.25) is 0 Å². The second-order valence-corrected chi connectivity index (χ2v) is 11.2. The van der Waals surface area contributed by atoms with Crippen LogP contribution in [0.1, 0.15) is 36.7 Å². The number of ether oxygens (including phenoxy) is 1. The van der Waals surface area contributed by atoms with Gasteiger partial charge in [0.25, 0.3) is 5.91 Å². The van der Waals surface area contributed by atoms with Gasteiger partial charge in [0.05, 0.1) is 5.52 Å². The summed E-state index contributed by atoms with van der Waals surface area (Å²) >= 11 is 0. The van der Waals surface area contributed by atoms with Crippen molar-refractivity contribution in [1.82, 2.24) is 20.2 Å². The molecule has 5 rings (SSSR count). The second kappa shape index (κ2) is 11.4. The molecule has 3 aromatic carbocycles. The Bertz CT molecular complexity index is 1570. The monoisotopic (exact) mass is 552 g/mol. The number of nitrogens with zero attached hydrogens (tertiary/aromatic N) is 4. The summed E-state index contributed by atoms with van der Waals surface area (Å²) in [5.41, 5.74) is 6.04. The highest BCUT2D eigenvalue weighted by Gasteiger charge is 2.26. The lowest BCUT2D eigenvalue weighted by molar-refractivity contribution is 0.0240. The zero-order valence-electron chi connectivity index (χ0n) is 24.2. The standard InChI is InChI=1S/C32H36N6O3/c1-21-19-25(13-14-27(21)37-15-17-38(18-16-37)31(40)41-32(2,3)4)35-30-34-20-24-7-6-8-26(28(24)36-30)22-9-11-23(12-10-22)29(39)33-5/h6-14,19-20H,15-18H2,1-5H3,(H,33,39)(H,34,35,36). The first kappa shape index (κ1) is 27.9. The van der Waals surface area contributed by atoms with Gasteiger partial charge in [0, 0.05) is 67.3 Å². The summed E-state index contributed by atoms with van der Waals surface area (Å²) in [5, 5.41) is 6.94. The molecule has 9 heteroatoms. The minimum absolute atomic E-state index is 0.118. The number of hydrogen-bond donors (Lipinski definition) is 2. The largest absolute Gasteiger partial charge is 0.444 e. The molecule has 1 aliphatic heterocycles. The van der Waals surface area contributed by atoms with Crippen molar-refractivity contribution in [3.8, 4) is 11.1 Å². The molecule has 2 N–H and O–H groups in total. The van der Waals surface area contributed by atoms with Crippen molar-refractivity contribution in [2.24, 2.45) is 0 Å². The topological polar surface area (TPSA) is 99.7 Å². The first-order chi connectivity index (χ1) is 19.6. The van der Waals surface area contributed by atoms with E-state index in [9.17, 15) is 9.59 Å². The van der Waals surface area contributed by atoms with E-state index in [0.717, 1.165) is 52.1 Å². The van der Waals surface area contributed by atoms with Crippen molar-refractivity contribution in [3.63, 3.8) is 0 Å². The molecular formula is C32H36N6O3. The van der Waals surface area contributed by atoms with Gasteiger partial charge in [0.15, 0.2) is 0 Å². The molecule has 41 heavy (non-hydrogen) atoms. The number of aryl methyl sites for hydroxylation is 1. The molecule has 0 aliphatic carbocycles. The Labute approximate surface area is 240 Å². The van der Waals surface area contributed by atoms with Gasteiger partial charge in [-0.15, -0.1) is 0 Å². The number of fused-ring (bicyclic) bond motifs is 1. The van der Waals surface area contributed by atoms with Crippen LogP contribution in [0.15, 0.2) is 66.9 Å². The Hall–Kier alpha value is -4.66. The third-order valence-corrected chi connectivity index (χ3v) is 7.02. The Balaban J connectivity index is 1.30. The van der Waals surface area contributed by atoms with Crippen LogP contribution in [0.4, 0.5) is 22.1 Å². The minimum Gasteiger partial charge on any atom is -0.444 e. The molecule has 0 radical (unpaired) electrons. The highest BCUT2D eigenvalue weighted by Crippen LogP contribution is 2.30. The lowest BCUT2D eigenvalue weighted by Crippen LogP contribution is -2.50. The molecule has 212 valence electrons. The number of para-hydroxylation sites is 1. The molecule has 1 fully saturated rings. The van der Waals surface area contributed by atoms with E-state index in [2.05, 4.69) is 39.6 Å². The van der Waals surface area contributed by atoms with E-state index in [0.29, 0.717) is 24.6 Å². The number of carbonyl (C=O) groups is 2. The van der Waals surface area contributed by atoms with E-state index in [4.69, 9.17) is 9.72 Å². The molecule has 0 spiro atoms. The predicted molar refractivity (Wildman–Crippen MR) is 163 cm³/mol. The van der Waals surface area contributed by atoms with Crippen LogP contribution >= 0.6 is 0 Å². The van der Waals surface area contributed by atoms with Crippen LogP contribution < -0.4 is 15.5 Å². The summed E-state index contributed by atoms with van der Waals surface area (Å²) < 4.78 is 5.52. The maximum Gasteiger partial charge on any atom is 0.410 e. The first-order valence-corrected chi connectivity index (χ1v) is 13.8. The van der Waals surface area contributed by atoms with Gasteiger partial charge in [-0.1, -0.05) is 30.3 Å². The molecule has 0 unspecified atom stereocenters. The number of rotatable bonds is 5. The normalized spacial score (nSPS) is 13.7. The molecule has 9 nitrogen and oxygen atoms in total. The Morgan fingerprint density at radius 3 is 2.34 bits per heavy atom.